The number of hydrogen-bond donors (Lipinski definition) is 9. The highest BCUT2D eigenvalue weighted by Gasteiger charge is 2.26. The summed E-state index contributed by atoms with van der Waals surface area (Å²) >= 11 is 131. The molecule has 12 N–H and O–H groups in total. The number of carboxylic acid groups (broad SMARTS) is 1. The molecule has 0 radical (unpaired) electrons. The number of carboxylic acids is 1. The molecule has 0 bridgehead atoms. The first-order valence-corrected chi connectivity index (χ1v) is 46.0. The topological polar surface area (TPSA) is 467 Å². The smallest absolute Gasteiger partial charge is 0.353 e. The third-order valence-corrected chi connectivity index (χ3v) is 19.7. The third kappa shape index (κ3) is 40.2. The molecule has 0 fully saturated rings. The summed E-state index contributed by atoms with van der Waals surface area (Å²) in [5.41, 5.74) is 16.9. The monoisotopic (exact) mass is 2320 g/mol. The molecule has 125 heavy (non-hydrogen) atoms. The van der Waals surface area contributed by atoms with E-state index in [9.17, 15) is 38.1 Å². The summed E-state index contributed by atoms with van der Waals surface area (Å²) in [5.74, 6) is -4.02. The van der Waals surface area contributed by atoms with Gasteiger partial charge in [0.2, 0.25) is 5.91 Å². The summed E-state index contributed by atoms with van der Waals surface area (Å²) in [5, 5.41) is 56.4. The van der Waals surface area contributed by atoms with E-state index in [4.69, 9.17) is 273 Å². The van der Waals surface area contributed by atoms with Gasteiger partial charge in [0.1, 0.15) is 19.6 Å². The minimum Gasteiger partial charge on any atom is -0.505 e. The van der Waals surface area contributed by atoms with Crippen LogP contribution in [0.2, 0.25) is 96.2 Å². The Morgan fingerprint density at radius 2 is 0.816 bits per heavy atom. The number of aromatic nitrogens is 12. The van der Waals surface area contributed by atoms with Crippen molar-refractivity contribution in [2.45, 2.75) is 99.8 Å². The van der Waals surface area contributed by atoms with Crippen LogP contribution >= 0.6 is 291 Å². The Morgan fingerprint density at radius 1 is 0.480 bits per heavy atom. The molecule has 30 nitrogen and oxygen atoms in total. The van der Waals surface area contributed by atoms with Crippen molar-refractivity contribution in [3.05, 3.63) is 225 Å². The summed E-state index contributed by atoms with van der Waals surface area (Å²) < 4.78 is 92.1. The lowest BCUT2D eigenvalue weighted by molar-refractivity contribution is -0.150. The number of benzene rings is 4. The number of carbonyl (C=O) groups is 4. The van der Waals surface area contributed by atoms with Crippen LogP contribution in [0.3, 0.4) is 0 Å². The fraction of sp³-hybridized carbons (Fsp3) is 0.229. The summed E-state index contributed by atoms with van der Waals surface area (Å²) in [6, 6.07) is 0.281. The molecule has 7 heterocycles. The summed E-state index contributed by atoms with van der Waals surface area (Å²) in [6.45, 7) is 19.5. The summed E-state index contributed by atoms with van der Waals surface area (Å²) in [4.78, 5) is 74.0. The number of rotatable bonds is 12. The zero-order valence-corrected chi connectivity index (χ0v) is 84.9. The van der Waals surface area contributed by atoms with Gasteiger partial charge in [-0.25, -0.2) is 14.7 Å². The van der Waals surface area contributed by atoms with Crippen LogP contribution in [-0.2, 0) is 28.5 Å². The maximum absolute atomic E-state index is 11.8. The van der Waals surface area contributed by atoms with E-state index in [1.54, 1.807) is 27.7 Å². The van der Waals surface area contributed by atoms with Gasteiger partial charge in [0, 0.05) is 64.1 Å². The standard InChI is InChI=1S/C15H13Cl4N3O2.C13H11Cl4N3O.C13H12Cl3N3O2.C7H7Cl3N2.C6H5Cl2NO.C4H3BrN2O2.C4HBrO3.C4HCl3N2.C4H8O2.Cl3OP/c1-6(2)11-12(18)15(22-21-14(11)19)24-13-9(16)4-8(5-10(13)17)20-7(3)23;1-5(2)9-10(16)13(20-19-12(9)17)21-11-7(14)3-6(18)4-8(11)15;1-5(2)9-10(16)13(19-18-12(9)20)21-11-7(14)3-6(17)4-8(11)15;1-3(2)4-5(8)7(10)12-11-6(4)9;7-4-1-3(9)2-5(8)6(4)10;5-2-1-3(8)6-7-4(2)9;5-2-1-3(6)8-4(2)7;5-2-1-3(6)8-9-4(2)7;1-3(2)4(5)6;1-5(2,3)4/h4-6H,1-3H3,(H,20,23);3-5H,18H2,1-2H3;3-5H,17H2,1-2H3,(H,18,20);3H,1-2H3;1-2,10H,9H2;1H,(H,6,8)(H,7,9);1H;1H;3H,1-2H3,(H,5,6);/i4D,5D;2*3D,4D;;1D,2D;;;;;. The van der Waals surface area contributed by atoms with Gasteiger partial charge in [-0.2, -0.15) is 0 Å². The van der Waals surface area contributed by atoms with Crippen LogP contribution < -0.4 is 53.4 Å². The van der Waals surface area contributed by atoms with Crippen LogP contribution in [0.5, 0.6) is 40.6 Å². The third-order valence-electron chi connectivity index (χ3n) is 12.9. The SMILES string of the molecule is CC(C)C(=O)O.CC(C)c1c(Cl)nnc(Cl)c1Cl.Clc1cc(Cl)c(Cl)nn1.O=C1C=C(Br)C(=O)O1.O=P(Cl)(Cl)Cl.O=c1cc(Br)c(=O)[nH][nH]1.[2H]c1c(Cl)c(Oc2nnc(Cl)c(C(C)C)c2Cl)c(Cl)c([2H])c1NC(C)=O.[2H]c1c(N)c([2H])c(Cl)c(O)c1Cl.[2H]c1c(N)c([2H])c(Cl)c(Oc2n[nH]c(=O)c(C(C)C)c2Cl)c1Cl.[2H]c1c(N)c([2H])c(Cl)c(Oc2nnc(Cl)c(C(C)C)c2Cl)c1Cl. The van der Waals surface area contributed by atoms with Crippen molar-refractivity contribution < 1.29 is 63.9 Å². The molecular formula is C70H61Br2Cl22N16O14P. The Bertz CT molecular complexity index is 6100. The number of esters is 2. The molecule has 1 aliphatic heterocycles. The van der Waals surface area contributed by atoms with E-state index < -0.39 is 40.3 Å². The molecule has 1 aliphatic rings. The number of nitrogens with one attached hydrogen (secondary N) is 4. The van der Waals surface area contributed by atoms with Gasteiger partial charge in [-0.1, -0.05) is 290 Å². The molecule has 0 spiro atoms. The number of cyclic esters (lactones) is 2. The van der Waals surface area contributed by atoms with Crippen LogP contribution in [0.1, 0.15) is 133 Å². The van der Waals surface area contributed by atoms with Gasteiger partial charge in [-0.15, -0.1) is 45.9 Å². The minimum atomic E-state index is -3.22. The van der Waals surface area contributed by atoms with Crippen LogP contribution in [0, 0.1) is 5.92 Å². The van der Waals surface area contributed by atoms with E-state index in [1.807, 2.05) is 41.5 Å². The number of aromatic amines is 3. The van der Waals surface area contributed by atoms with E-state index >= 15 is 0 Å². The van der Waals surface area contributed by atoms with E-state index in [-0.39, 0.29) is 242 Å². The predicted molar refractivity (Wildman–Crippen MR) is 511 cm³/mol. The molecule has 0 unspecified atom stereocenters. The van der Waals surface area contributed by atoms with Gasteiger partial charge in [0.15, 0.2) is 53.9 Å². The van der Waals surface area contributed by atoms with Crippen molar-refractivity contribution in [2.75, 3.05) is 22.5 Å². The second-order valence-corrected chi connectivity index (χ2v) is 39.5. The molecular weight excluding hydrogens is 2260 g/mol. The molecule has 0 saturated heterocycles. The van der Waals surface area contributed by atoms with Crippen molar-refractivity contribution in [1.29, 1.82) is 0 Å². The van der Waals surface area contributed by atoms with E-state index in [0.29, 0.717) is 26.3 Å². The maximum Gasteiger partial charge on any atom is 0.353 e. The second-order valence-electron chi connectivity index (χ2n) is 24.0. The van der Waals surface area contributed by atoms with Gasteiger partial charge in [0.05, 0.1) is 71.6 Å². The normalized spacial score (nSPS) is 12.0. The Morgan fingerprint density at radius 3 is 1.12 bits per heavy atom. The Labute approximate surface area is 848 Å². The molecule has 0 saturated carbocycles. The Balaban J connectivity index is 0.000000521. The van der Waals surface area contributed by atoms with Crippen LogP contribution in [-0.4, -0.2) is 95.2 Å². The predicted octanol–water partition coefficient (Wildman–Crippen LogP) is 27.8. The molecule has 678 valence electrons. The molecule has 4 aromatic carbocycles. The summed E-state index contributed by atoms with van der Waals surface area (Å²) in [6.07, 6.45) is 1.09. The number of ether oxygens (including phenoxy) is 4. The number of phenolic OH excluding ortho intramolecular Hbond substituents is 1. The van der Waals surface area contributed by atoms with Crippen LogP contribution in [0.25, 0.3) is 0 Å². The lowest BCUT2D eigenvalue weighted by Gasteiger charge is -2.15. The van der Waals surface area contributed by atoms with Crippen LogP contribution in [0.4, 0.5) is 22.7 Å². The first-order chi connectivity index (χ1) is 61.1. The van der Waals surface area contributed by atoms with Gasteiger partial charge in [0.25, 0.3) is 34.3 Å². The van der Waals surface area contributed by atoms with E-state index in [1.165, 1.54) is 19.1 Å². The number of carbonyl (C=O) groups excluding carboxylic acids is 3. The molecule has 55 heteroatoms. The number of aliphatic carboxylic acids is 1. The van der Waals surface area contributed by atoms with Gasteiger partial charge >= 0.3 is 23.1 Å². The summed E-state index contributed by atoms with van der Waals surface area (Å²) in [7, 11) is 0. The number of halogens is 24. The minimum absolute atomic E-state index is 0.00534. The number of hydrogen-bond acceptors (Lipinski definition) is 25. The van der Waals surface area contributed by atoms with Crippen molar-refractivity contribution >= 4 is 338 Å². The number of H-pyrrole nitrogens is 3. The lowest BCUT2D eigenvalue weighted by atomic mass is 10.1. The molecule has 1 amide bonds. The fourth-order valence-electron chi connectivity index (χ4n) is 7.54. The lowest BCUT2D eigenvalue weighted by Crippen LogP contribution is -2.17. The average Bonchev–Trinajstić information content (AvgIpc) is 1.03. The zero-order chi connectivity index (χ0) is 103. The number of nitrogens with zero attached hydrogens (tertiary/aromatic N) is 9. The second kappa shape index (κ2) is 55.2. The number of amides is 1. The first-order valence-electron chi connectivity index (χ1n) is 36.8. The van der Waals surface area contributed by atoms with Crippen molar-refractivity contribution in [1.82, 2.24) is 61.2 Å². The maximum atomic E-state index is 11.8. The highest BCUT2D eigenvalue weighted by molar-refractivity contribution is 9.12. The Hall–Kier alpha value is -5.25. The van der Waals surface area contributed by atoms with E-state index in [2.05, 4.69) is 137 Å². The number of nitrogen functional groups attached to an aromatic ring is 3. The number of anilines is 4. The van der Waals surface area contributed by atoms with Crippen molar-refractivity contribution in [3.8, 4) is 40.6 Å². The average molecular weight is 2330 g/mol. The molecule has 10 aromatic rings. The van der Waals surface area contributed by atoms with Gasteiger partial charge < -0.3 is 51.7 Å². The molecule has 6 aromatic heterocycles. The fourth-order valence-corrected chi connectivity index (χ4v) is 13.4. The van der Waals surface area contributed by atoms with Gasteiger partial charge in [-0.05, 0) is 144 Å². The van der Waals surface area contributed by atoms with Crippen LogP contribution in [0.15, 0.2) is 89.9 Å². The number of aromatic hydroxyl groups is 1. The number of nitrogens with two attached hydrogens (primary N) is 3. The van der Waals surface area contributed by atoms with E-state index in [0.717, 1.165) is 11.6 Å². The molecule has 0 aliphatic carbocycles. The van der Waals surface area contributed by atoms with Gasteiger partial charge in [-0.3, -0.25) is 38.7 Å². The molecule has 0 atom stereocenters. The highest BCUT2D eigenvalue weighted by atomic mass is 79.9. The van der Waals surface area contributed by atoms with Crippen molar-refractivity contribution in [3.63, 3.8) is 0 Å². The molecule has 11 rings (SSSR count). The highest BCUT2D eigenvalue weighted by Crippen LogP contribution is 2.61. The van der Waals surface area contributed by atoms with Crippen molar-refractivity contribution in [2.24, 2.45) is 5.92 Å². The largest absolute Gasteiger partial charge is 0.505 e. The quantitative estimate of drug-likeness (QED) is 0.0180. The Kier molecular flexibility index (Phi) is 45.0. The first kappa shape index (κ1) is 102. The zero-order valence-electron chi connectivity index (χ0n) is 72.2. The number of phenols is 1.